The van der Waals surface area contributed by atoms with Crippen molar-refractivity contribution >= 4 is 23.2 Å². The van der Waals surface area contributed by atoms with E-state index < -0.39 is 0 Å². The van der Waals surface area contributed by atoms with Crippen molar-refractivity contribution < 1.29 is 4.79 Å². The molecule has 0 aliphatic carbocycles. The van der Waals surface area contributed by atoms with E-state index in [1.54, 1.807) is 12.4 Å². The van der Waals surface area contributed by atoms with E-state index in [4.69, 9.17) is 11.6 Å². The first kappa shape index (κ1) is 15.8. The van der Waals surface area contributed by atoms with E-state index in [2.05, 4.69) is 15.2 Å². The van der Waals surface area contributed by atoms with Crippen LogP contribution in [0, 0.1) is 6.92 Å². The van der Waals surface area contributed by atoms with Gasteiger partial charge in [0.15, 0.2) is 0 Å². The number of aromatic nitrogens is 1. The van der Waals surface area contributed by atoms with Gasteiger partial charge < -0.3 is 10.2 Å². The molecule has 1 saturated heterocycles. The molecule has 2 aromatic rings. The second kappa shape index (κ2) is 7.01. The summed E-state index contributed by atoms with van der Waals surface area (Å²) in [5.74, 6) is 0.0171. The lowest BCUT2D eigenvalue weighted by molar-refractivity contribution is 0.0930. The Bertz CT molecular complexity index is 696. The minimum absolute atomic E-state index is 0.0171. The van der Waals surface area contributed by atoms with Gasteiger partial charge in [-0.3, -0.25) is 9.78 Å². The molecule has 23 heavy (non-hydrogen) atoms. The number of nitrogens with zero attached hydrogens (tertiary/aromatic N) is 2. The maximum atomic E-state index is 12.4. The Kier molecular flexibility index (Phi) is 4.82. The summed E-state index contributed by atoms with van der Waals surface area (Å²) in [5, 5.41) is 3.83. The molecule has 4 nitrogen and oxygen atoms in total. The number of amides is 1. The predicted molar refractivity (Wildman–Crippen MR) is 93.1 cm³/mol. The number of aryl methyl sites for hydroxylation is 1. The second-order valence-corrected chi connectivity index (χ2v) is 6.28. The van der Waals surface area contributed by atoms with Crippen LogP contribution in [0.1, 0.15) is 28.8 Å². The summed E-state index contributed by atoms with van der Waals surface area (Å²) < 4.78 is 0. The van der Waals surface area contributed by atoms with Crippen molar-refractivity contribution in [3.05, 3.63) is 58.9 Å². The zero-order chi connectivity index (χ0) is 16.2. The molecule has 5 heteroatoms. The Morgan fingerprint density at radius 1 is 1.26 bits per heavy atom. The first-order valence-corrected chi connectivity index (χ1v) is 8.24. The van der Waals surface area contributed by atoms with Crippen molar-refractivity contribution in [1.29, 1.82) is 0 Å². The highest BCUT2D eigenvalue weighted by Gasteiger charge is 2.22. The van der Waals surface area contributed by atoms with Crippen molar-refractivity contribution in [3.8, 4) is 0 Å². The molecule has 0 spiro atoms. The van der Waals surface area contributed by atoms with E-state index in [1.807, 2.05) is 37.3 Å². The average molecular weight is 330 g/mol. The fourth-order valence-electron chi connectivity index (χ4n) is 2.98. The van der Waals surface area contributed by atoms with Crippen LogP contribution in [0.2, 0.25) is 5.02 Å². The van der Waals surface area contributed by atoms with Gasteiger partial charge in [-0.2, -0.15) is 0 Å². The van der Waals surface area contributed by atoms with Crippen LogP contribution >= 0.6 is 11.6 Å². The van der Waals surface area contributed by atoms with E-state index in [9.17, 15) is 4.79 Å². The number of carbonyl (C=O) groups excluding carboxylic acids is 1. The number of benzene rings is 1. The molecule has 0 saturated carbocycles. The highest BCUT2D eigenvalue weighted by atomic mass is 35.5. The summed E-state index contributed by atoms with van der Waals surface area (Å²) in [6.45, 7) is 3.72. The molecule has 1 N–H and O–H groups in total. The van der Waals surface area contributed by atoms with Gasteiger partial charge in [-0.25, -0.2) is 0 Å². The van der Waals surface area contributed by atoms with E-state index in [0.29, 0.717) is 5.02 Å². The number of hydrogen-bond acceptors (Lipinski definition) is 3. The molecule has 1 aromatic heterocycles. The topological polar surface area (TPSA) is 45.2 Å². The third-order valence-corrected chi connectivity index (χ3v) is 4.60. The summed E-state index contributed by atoms with van der Waals surface area (Å²) in [6, 6.07) is 9.83. The molecule has 0 unspecified atom stereocenters. The second-order valence-electron chi connectivity index (χ2n) is 5.88. The quantitative estimate of drug-likeness (QED) is 0.938. The molecule has 1 aromatic carbocycles. The van der Waals surface area contributed by atoms with Gasteiger partial charge in [-0.1, -0.05) is 29.8 Å². The predicted octanol–water partition coefficient (Wildman–Crippen LogP) is 3.44. The maximum Gasteiger partial charge on any atom is 0.251 e. The van der Waals surface area contributed by atoms with E-state index >= 15 is 0 Å². The molecule has 1 aliphatic rings. The summed E-state index contributed by atoms with van der Waals surface area (Å²) >= 11 is 6.20. The number of nitrogens with one attached hydrogen (secondary N) is 1. The van der Waals surface area contributed by atoms with Crippen LogP contribution in [-0.4, -0.2) is 30.0 Å². The van der Waals surface area contributed by atoms with Crippen molar-refractivity contribution in [3.63, 3.8) is 0 Å². The number of hydrogen-bond donors (Lipinski definition) is 1. The van der Waals surface area contributed by atoms with Crippen molar-refractivity contribution in [1.82, 2.24) is 10.3 Å². The molecule has 0 bridgehead atoms. The number of carbonyl (C=O) groups is 1. The van der Waals surface area contributed by atoms with Crippen LogP contribution in [0.25, 0.3) is 0 Å². The summed E-state index contributed by atoms with van der Waals surface area (Å²) in [7, 11) is 0. The van der Waals surface area contributed by atoms with Crippen LogP contribution in [0.5, 0.6) is 0 Å². The van der Waals surface area contributed by atoms with Gasteiger partial charge in [0.05, 0.1) is 10.7 Å². The van der Waals surface area contributed by atoms with Gasteiger partial charge in [-0.15, -0.1) is 0 Å². The van der Waals surface area contributed by atoms with E-state index in [0.717, 1.165) is 42.7 Å². The van der Waals surface area contributed by atoms with Gasteiger partial charge in [0.1, 0.15) is 0 Å². The van der Waals surface area contributed by atoms with Crippen molar-refractivity contribution in [2.45, 2.75) is 25.8 Å². The highest BCUT2D eigenvalue weighted by Crippen LogP contribution is 2.27. The molecular formula is C18H20ClN3O. The van der Waals surface area contributed by atoms with Gasteiger partial charge in [0.25, 0.3) is 5.91 Å². The third-order valence-electron chi connectivity index (χ3n) is 4.31. The van der Waals surface area contributed by atoms with Crippen LogP contribution < -0.4 is 10.2 Å². The van der Waals surface area contributed by atoms with Gasteiger partial charge in [0.2, 0.25) is 0 Å². The fourth-order valence-corrected chi connectivity index (χ4v) is 3.22. The minimum Gasteiger partial charge on any atom is -0.370 e. The molecule has 1 aliphatic heterocycles. The van der Waals surface area contributed by atoms with Gasteiger partial charge in [-0.05, 0) is 37.5 Å². The molecule has 1 fully saturated rings. The fraction of sp³-hybridized carbons (Fsp3) is 0.333. The molecule has 3 rings (SSSR count). The number of rotatable bonds is 3. The molecule has 2 heterocycles. The van der Waals surface area contributed by atoms with Crippen molar-refractivity contribution in [2.75, 3.05) is 18.0 Å². The molecular weight excluding hydrogens is 310 g/mol. The zero-order valence-corrected chi connectivity index (χ0v) is 13.9. The number of piperidine rings is 1. The van der Waals surface area contributed by atoms with Crippen LogP contribution in [0.4, 0.5) is 5.69 Å². The first-order chi connectivity index (χ1) is 11.1. The summed E-state index contributed by atoms with van der Waals surface area (Å²) in [5.41, 5.74) is 2.78. The Hall–Kier alpha value is -2.07. The molecule has 0 radical (unpaired) electrons. The lowest BCUT2D eigenvalue weighted by atomic mass is 10.0. The Balaban J connectivity index is 1.58. The molecule has 0 atom stereocenters. The summed E-state index contributed by atoms with van der Waals surface area (Å²) in [6.07, 6.45) is 5.25. The Labute approximate surface area is 141 Å². The van der Waals surface area contributed by atoms with Crippen molar-refractivity contribution in [2.24, 2.45) is 0 Å². The first-order valence-electron chi connectivity index (χ1n) is 7.86. The maximum absolute atomic E-state index is 12.4. The Morgan fingerprint density at radius 3 is 2.70 bits per heavy atom. The van der Waals surface area contributed by atoms with Gasteiger partial charge in [0, 0.05) is 37.1 Å². The average Bonchev–Trinajstić information content (AvgIpc) is 2.56. The lowest BCUT2D eigenvalue weighted by Gasteiger charge is -2.34. The van der Waals surface area contributed by atoms with E-state index in [1.165, 1.54) is 0 Å². The molecule has 1 amide bonds. The third kappa shape index (κ3) is 3.64. The highest BCUT2D eigenvalue weighted by molar-refractivity contribution is 6.33. The summed E-state index contributed by atoms with van der Waals surface area (Å²) in [4.78, 5) is 18.7. The monoisotopic (exact) mass is 329 g/mol. The van der Waals surface area contributed by atoms with Gasteiger partial charge >= 0.3 is 0 Å². The number of anilines is 1. The van der Waals surface area contributed by atoms with Crippen LogP contribution in [0.3, 0.4) is 0 Å². The SMILES string of the molecule is Cc1ccccc1C(=O)NC1CCN(c2ccncc2Cl)CC1. The normalized spacial score (nSPS) is 15.5. The standard InChI is InChI=1S/C18H20ClN3O/c1-13-4-2-3-5-15(13)18(23)21-14-7-10-22(11-8-14)17-6-9-20-12-16(17)19/h2-6,9,12,14H,7-8,10-11H2,1H3,(H,21,23). The smallest absolute Gasteiger partial charge is 0.251 e. The minimum atomic E-state index is 0.0171. The number of halogens is 1. The lowest BCUT2D eigenvalue weighted by Crippen LogP contribution is -2.45. The zero-order valence-electron chi connectivity index (χ0n) is 13.1. The van der Waals surface area contributed by atoms with Crippen LogP contribution in [0.15, 0.2) is 42.7 Å². The van der Waals surface area contributed by atoms with Crippen LogP contribution in [-0.2, 0) is 0 Å². The van der Waals surface area contributed by atoms with E-state index in [-0.39, 0.29) is 11.9 Å². The molecule has 120 valence electrons. The largest absolute Gasteiger partial charge is 0.370 e. The Morgan fingerprint density at radius 2 is 2.00 bits per heavy atom. The number of pyridine rings is 1.